The van der Waals surface area contributed by atoms with Gasteiger partial charge in [0.2, 0.25) is 0 Å². The molecule has 0 unspecified atom stereocenters. The van der Waals surface area contributed by atoms with E-state index in [0.717, 1.165) is 23.6 Å². The summed E-state index contributed by atoms with van der Waals surface area (Å²) in [4.78, 5) is 2.06. The highest BCUT2D eigenvalue weighted by Gasteiger charge is 2.65. The molecule has 0 atom stereocenters. The van der Waals surface area contributed by atoms with Gasteiger partial charge in [-0.3, -0.25) is 0 Å². The summed E-state index contributed by atoms with van der Waals surface area (Å²) in [5, 5.41) is 7.76. The maximum atomic E-state index is 13.3. The van der Waals surface area contributed by atoms with Crippen LogP contribution >= 0.6 is 10.2 Å². The topological polar surface area (TPSA) is 40.0 Å². The first kappa shape index (κ1) is 23.8. The predicted molar refractivity (Wildman–Crippen MR) is 106 cm³/mol. The number of allylic oxidation sites excluding steroid dienone is 2. The van der Waals surface area contributed by atoms with Crippen LogP contribution < -0.4 is 5.32 Å². The molecule has 168 valence electrons. The molecule has 0 spiro atoms. The molecule has 0 radical (unpaired) electrons. The number of halogens is 7. The van der Waals surface area contributed by atoms with Crippen molar-refractivity contribution in [2.75, 3.05) is 0 Å². The van der Waals surface area contributed by atoms with Crippen LogP contribution in [0.25, 0.3) is 0 Å². The molecule has 1 aliphatic heterocycles. The van der Waals surface area contributed by atoms with Crippen LogP contribution in [0.1, 0.15) is 33.6 Å². The van der Waals surface area contributed by atoms with E-state index in [2.05, 4.69) is 15.4 Å². The van der Waals surface area contributed by atoms with Crippen LogP contribution in [0.5, 0.6) is 0 Å². The van der Waals surface area contributed by atoms with Crippen molar-refractivity contribution in [2.45, 2.75) is 44.4 Å². The zero-order valence-electron chi connectivity index (χ0n) is 16.4. The van der Waals surface area contributed by atoms with Gasteiger partial charge in [-0.15, -0.1) is 0 Å². The molecule has 1 aromatic carbocycles. The van der Waals surface area contributed by atoms with Crippen LogP contribution in [0.15, 0.2) is 62.9 Å². The van der Waals surface area contributed by atoms with E-state index in [-0.39, 0.29) is 23.7 Å². The molecule has 1 aromatic rings. The fraction of sp³-hybridized carbons (Fsp3) is 0.333. The van der Waals surface area contributed by atoms with Gasteiger partial charge in [0, 0.05) is 18.7 Å². The fourth-order valence-corrected chi connectivity index (χ4v) is 3.01. The Balaban J connectivity index is 2.51. The van der Waals surface area contributed by atoms with Crippen LogP contribution in [-0.2, 0) is 0 Å². The van der Waals surface area contributed by atoms with Crippen molar-refractivity contribution in [3.63, 3.8) is 0 Å². The second-order valence-corrected chi connectivity index (χ2v) is 9.19. The first-order valence-electron chi connectivity index (χ1n) is 8.80. The van der Waals surface area contributed by atoms with Gasteiger partial charge in [-0.25, -0.2) is 13.8 Å². The molecule has 0 amide bonds. The summed E-state index contributed by atoms with van der Waals surface area (Å²) in [6.07, 6.45) is 4.89. The lowest BCUT2D eigenvalue weighted by molar-refractivity contribution is 0.105. The van der Waals surface area contributed by atoms with Gasteiger partial charge < -0.3 is 5.32 Å². The maximum absolute atomic E-state index is 13.3. The summed E-state index contributed by atoms with van der Waals surface area (Å²) in [5.74, 6) is -2.87. The molecule has 30 heavy (non-hydrogen) atoms. The van der Waals surface area contributed by atoms with Crippen molar-refractivity contribution >= 4 is 28.0 Å². The van der Waals surface area contributed by atoms with Gasteiger partial charge in [-0.1, -0.05) is 32.8 Å². The Morgan fingerprint density at radius 2 is 1.70 bits per heavy atom. The highest BCUT2D eigenvalue weighted by atomic mass is 32.5. The van der Waals surface area contributed by atoms with Gasteiger partial charge in [0.05, 0.1) is 11.9 Å². The summed E-state index contributed by atoms with van der Waals surface area (Å²) < 4.78 is 90.9. The monoisotopic (exact) mass is 458 g/mol. The molecule has 0 saturated heterocycles. The predicted octanol–water partition coefficient (Wildman–Crippen LogP) is 7.47. The molecule has 0 fully saturated rings. The van der Waals surface area contributed by atoms with Crippen molar-refractivity contribution in [2.24, 2.45) is 10.1 Å². The van der Waals surface area contributed by atoms with Crippen LogP contribution in [0.3, 0.4) is 0 Å². The van der Waals surface area contributed by atoms with E-state index >= 15 is 0 Å². The lowest BCUT2D eigenvalue weighted by Gasteiger charge is -2.40. The van der Waals surface area contributed by atoms with Crippen LogP contribution in [0.4, 0.5) is 33.9 Å². The van der Waals surface area contributed by atoms with E-state index in [1.165, 1.54) is 6.08 Å². The highest BCUT2D eigenvalue weighted by Crippen LogP contribution is 3.02. The van der Waals surface area contributed by atoms with Crippen molar-refractivity contribution in [3.05, 3.63) is 47.9 Å². The van der Waals surface area contributed by atoms with Crippen LogP contribution in [-0.4, -0.2) is 23.0 Å². The third kappa shape index (κ3) is 6.78. The van der Waals surface area contributed by atoms with E-state index in [9.17, 15) is 28.2 Å². The average molecular weight is 458 g/mol. The van der Waals surface area contributed by atoms with E-state index in [1.54, 1.807) is 13.0 Å². The smallest absolute Gasteiger partial charge is 0.310 e. The molecule has 12 heteroatoms. The van der Waals surface area contributed by atoms with Crippen molar-refractivity contribution < 1.29 is 28.2 Å². The van der Waals surface area contributed by atoms with E-state index in [4.69, 9.17) is 0 Å². The third-order valence-corrected chi connectivity index (χ3v) is 4.83. The fourth-order valence-electron chi connectivity index (χ4n) is 2.36. The molecule has 2 rings (SSSR count). The summed E-state index contributed by atoms with van der Waals surface area (Å²) in [6.45, 7) is 4.22. The summed E-state index contributed by atoms with van der Waals surface area (Å²) in [6, 6.07) is 2.02. The molecule has 0 aliphatic carbocycles. The highest BCUT2D eigenvalue weighted by molar-refractivity contribution is 8.45. The lowest BCUT2D eigenvalue weighted by Crippen LogP contribution is -2.37. The number of amidine groups is 1. The Hall–Kier alpha value is -2.50. The standard InChI is InChI=1S/C18H21F7N4S/c1-4-5-6-16-27-13(2)11-17(29(16)26-12-18(3,19)20)28-14-7-9-15(10-8-14)30(21,22,23,24)25/h6-12,27H,4-5H2,1-3H3/b16-6-,26-12+,28-17?. The summed E-state index contributed by atoms with van der Waals surface area (Å²) in [7, 11) is -9.80. The van der Waals surface area contributed by atoms with Gasteiger partial charge in [-0.2, -0.15) is 10.1 Å². The number of alkyl halides is 2. The zero-order valence-corrected chi connectivity index (χ0v) is 17.2. The molecular weight excluding hydrogens is 437 g/mol. The van der Waals surface area contributed by atoms with Gasteiger partial charge in [0.15, 0.2) is 5.84 Å². The van der Waals surface area contributed by atoms with Gasteiger partial charge >= 0.3 is 10.2 Å². The van der Waals surface area contributed by atoms with E-state index in [0.29, 0.717) is 31.1 Å². The molecule has 0 bridgehead atoms. The summed E-state index contributed by atoms with van der Waals surface area (Å²) in [5.41, 5.74) is 0.495. The lowest BCUT2D eigenvalue weighted by atomic mass is 10.2. The third-order valence-electron chi connectivity index (χ3n) is 3.67. The number of unbranched alkanes of at least 4 members (excludes halogenated alkanes) is 1. The SMILES string of the molecule is CCC/C=C1/NC(C)=CC(=Nc2ccc(S(F)(F)(F)(F)F)cc2)N1/N=C/C(C)(F)F. The minimum absolute atomic E-state index is 0.0224. The number of benzene rings is 1. The minimum Gasteiger partial charge on any atom is -0.344 e. The second-order valence-electron chi connectivity index (χ2n) is 6.78. The number of nitrogens with zero attached hydrogens (tertiary/aromatic N) is 3. The second kappa shape index (κ2) is 7.33. The van der Waals surface area contributed by atoms with Crippen molar-refractivity contribution in [3.8, 4) is 0 Å². The molecule has 1 aliphatic rings. The van der Waals surface area contributed by atoms with Crippen LogP contribution in [0, 0.1) is 0 Å². The van der Waals surface area contributed by atoms with Gasteiger partial charge in [-0.05, 0) is 43.7 Å². The number of hydrogen-bond acceptors (Lipinski definition) is 3. The normalized spacial score (nSPS) is 20.9. The Bertz CT molecular complexity index is 911. The van der Waals surface area contributed by atoms with Crippen molar-refractivity contribution in [1.29, 1.82) is 0 Å². The molecular formula is C18H21F7N4S. The number of aliphatic imine (C=N–C) groups is 1. The molecule has 1 N–H and O–H groups in total. The molecule has 4 nitrogen and oxygen atoms in total. The average Bonchev–Trinajstić information content (AvgIpc) is 2.56. The number of rotatable bonds is 6. The maximum Gasteiger partial charge on any atom is 0.310 e. The first-order chi connectivity index (χ1) is 13.5. The Morgan fingerprint density at radius 1 is 1.10 bits per heavy atom. The number of hydrogen-bond donors (Lipinski definition) is 1. The van der Waals surface area contributed by atoms with Gasteiger partial charge in [0.25, 0.3) is 5.92 Å². The molecule has 0 saturated carbocycles. The quantitative estimate of drug-likeness (QED) is 0.355. The number of hydrazone groups is 1. The Labute approximate surface area is 169 Å². The number of nitrogens with one attached hydrogen (secondary N) is 1. The van der Waals surface area contributed by atoms with Gasteiger partial charge in [0.1, 0.15) is 10.7 Å². The summed E-state index contributed by atoms with van der Waals surface area (Å²) >= 11 is 0. The molecule has 0 aromatic heterocycles. The van der Waals surface area contributed by atoms with Crippen LogP contribution in [0.2, 0.25) is 0 Å². The minimum atomic E-state index is -9.80. The largest absolute Gasteiger partial charge is 0.344 e. The van der Waals surface area contributed by atoms with Crippen molar-refractivity contribution in [1.82, 2.24) is 10.3 Å². The first-order valence-corrected chi connectivity index (χ1v) is 10.7. The van der Waals surface area contributed by atoms with E-state index in [1.807, 2.05) is 6.92 Å². The Kier molecular flexibility index (Phi) is 5.81. The van der Waals surface area contributed by atoms with E-state index < -0.39 is 21.0 Å². The zero-order chi connectivity index (χ0) is 22.9. The Morgan fingerprint density at radius 3 is 2.20 bits per heavy atom. The molecule has 1 heterocycles.